The summed E-state index contributed by atoms with van der Waals surface area (Å²) >= 11 is 0. The van der Waals surface area contributed by atoms with E-state index < -0.39 is 0 Å². The summed E-state index contributed by atoms with van der Waals surface area (Å²) in [5.74, 6) is 1.64. The van der Waals surface area contributed by atoms with E-state index in [9.17, 15) is 4.79 Å². The average molecular weight is 427 g/mol. The highest BCUT2D eigenvalue weighted by atomic mass is 16.5. The Morgan fingerprint density at radius 1 is 1.06 bits per heavy atom. The van der Waals surface area contributed by atoms with Gasteiger partial charge in [-0.25, -0.2) is 0 Å². The van der Waals surface area contributed by atoms with E-state index in [2.05, 4.69) is 15.1 Å². The Kier molecular flexibility index (Phi) is 5.25. The smallest absolute Gasteiger partial charge is 0.260 e. The molecular weight excluding hydrogens is 406 g/mol. The fraction of sp³-hybridized carbons (Fsp3) is 0.167. The van der Waals surface area contributed by atoms with Crippen LogP contribution in [0.2, 0.25) is 0 Å². The molecular formula is C24H21N5O3. The number of aromatic nitrogens is 4. The summed E-state index contributed by atoms with van der Waals surface area (Å²) in [6.07, 6.45) is 7.74. The molecule has 0 bridgehead atoms. The fourth-order valence-electron chi connectivity index (χ4n) is 3.53. The zero-order valence-electron chi connectivity index (χ0n) is 17.5. The second-order valence-corrected chi connectivity index (χ2v) is 7.45. The zero-order chi connectivity index (χ0) is 21.9. The molecule has 3 aromatic heterocycles. The monoisotopic (exact) mass is 427 g/mol. The first-order valence-corrected chi connectivity index (χ1v) is 10.2. The Balaban J connectivity index is 1.32. The topological polar surface area (TPSA) is 82.4 Å². The minimum atomic E-state index is -0.0848. The van der Waals surface area contributed by atoms with Crippen molar-refractivity contribution in [3.63, 3.8) is 0 Å². The minimum Gasteiger partial charge on any atom is -0.472 e. The third-order valence-electron chi connectivity index (χ3n) is 5.18. The molecule has 0 N–H and O–H groups in total. The normalized spacial score (nSPS) is 12.9. The molecule has 1 aliphatic rings. The first kappa shape index (κ1) is 19.7. The van der Waals surface area contributed by atoms with Crippen LogP contribution in [0.25, 0.3) is 11.3 Å². The number of amides is 1. The molecule has 0 unspecified atom stereocenters. The molecule has 0 atom stereocenters. The van der Waals surface area contributed by atoms with Crippen molar-refractivity contribution < 1.29 is 14.3 Å². The minimum absolute atomic E-state index is 0.0848. The van der Waals surface area contributed by atoms with Gasteiger partial charge in [0.2, 0.25) is 0 Å². The van der Waals surface area contributed by atoms with Crippen molar-refractivity contribution in [2.45, 2.75) is 6.42 Å². The van der Waals surface area contributed by atoms with E-state index in [4.69, 9.17) is 9.47 Å². The SMILES string of the molecule is Cn1cc(-c2cc(Oc3ccc4c(c3)C(=O)N(CCc3ccccn3)CO4)ccn2)cn1. The van der Waals surface area contributed by atoms with Gasteiger partial charge in [0.1, 0.15) is 17.2 Å². The Bertz CT molecular complexity index is 1260. The van der Waals surface area contributed by atoms with Gasteiger partial charge < -0.3 is 14.4 Å². The van der Waals surface area contributed by atoms with E-state index in [0.29, 0.717) is 35.8 Å². The van der Waals surface area contributed by atoms with Crippen LogP contribution in [0, 0.1) is 0 Å². The molecule has 32 heavy (non-hydrogen) atoms. The van der Waals surface area contributed by atoms with Crippen molar-refractivity contribution in [3.8, 4) is 28.5 Å². The van der Waals surface area contributed by atoms with Gasteiger partial charge >= 0.3 is 0 Å². The van der Waals surface area contributed by atoms with Gasteiger partial charge in [-0.3, -0.25) is 19.4 Å². The highest BCUT2D eigenvalue weighted by molar-refractivity contribution is 5.98. The molecule has 4 aromatic rings. The molecule has 0 spiro atoms. The lowest BCUT2D eigenvalue weighted by Crippen LogP contribution is -2.39. The largest absolute Gasteiger partial charge is 0.472 e. The summed E-state index contributed by atoms with van der Waals surface area (Å²) in [6, 6.07) is 14.7. The number of carbonyl (C=O) groups is 1. The number of pyridine rings is 2. The van der Waals surface area contributed by atoms with Crippen LogP contribution >= 0.6 is 0 Å². The second-order valence-electron chi connectivity index (χ2n) is 7.45. The van der Waals surface area contributed by atoms with Crippen molar-refractivity contribution in [1.82, 2.24) is 24.6 Å². The second kappa shape index (κ2) is 8.50. The lowest BCUT2D eigenvalue weighted by molar-refractivity contribution is 0.0524. The molecule has 8 nitrogen and oxygen atoms in total. The number of ether oxygens (including phenoxy) is 2. The van der Waals surface area contributed by atoms with Crippen LogP contribution in [0.15, 0.2) is 73.3 Å². The first-order chi connectivity index (χ1) is 15.7. The summed E-state index contributed by atoms with van der Waals surface area (Å²) in [7, 11) is 1.86. The Hall–Kier alpha value is -4.20. The summed E-state index contributed by atoms with van der Waals surface area (Å²) < 4.78 is 13.5. The van der Waals surface area contributed by atoms with Crippen molar-refractivity contribution in [2.75, 3.05) is 13.3 Å². The van der Waals surface area contributed by atoms with E-state index in [1.54, 1.807) is 52.4 Å². The number of carbonyl (C=O) groups excluding carboxylic acids is 1. The van der Waals surface area contributed by atoms with Crippen LogP contribution < -0.4 is 9.47 Å². The molecule has 1 aliphatic heterocycles. The number of hydrogen-bond acceptors (Lipinski definition) is 6. The van der Waals surface area contributed by atoms with Gasteiger partial charge in [-0.05, 0) is 36.4 Å². The average Bonchev–Trinajstić information content (AvgIpc) is 3.26. The Morgan fingerprint density at radius 3 is 2.78 bits per heavy atom. The van der Waals surface area contributed by atoms with Crippen molar-refractivity contribution in [1.29, 1.82) is 0 Å². The standard InChI is InChI=1S/C24H21N5O3/c1-28-15-17(14-27-28)22-13-20(7-10-26-22)32-19-5-6-23-21(12-19)24(30)29(16-31-23)11-8-18-4-2-3-9-25-18/h2-7,9-10,12-15H,8,11,16H2,1H3. The molecule has 8 heteroatoms. The molecule has 1 aromatic carbocycles. The van der Waals surface area contributed by atoms with Crippen LogP contribution in [0.3, 0.4) is 0 Å². The summed E-state index contributed by atoms with van der Waals surface area (Å²) in [4.78, 5) is 23.4. The maximum absolute atomic E-state index is 13.0. The van der Waals surface area contributed by atoms with Crippen LogP contribution in [-0.2, 0) is 13.5 Å². The third-order valence-corrected chi connectivity index (χ3v) is 5.18. The maximum atomic E-state index is 13.0. The molecule has 0 radical (unpaired) electrons. The zero-order valence-corrected chi connectivity index (χ0v) is 17.5. The number of nitrogens with zero attached hydrogens (tertiary/aromatic N) is 5. The van der Waals surface area contributed by atoms with E-state index in [-0.39, 0.29) is 12.6 Å². The molecule has 160 valence electrons. The molecule has 5 rings (SSSR count). The van der Waals surface area contributed by atoms with Crippen molar-refractivity contribution in [2.24, 2.45) is 7.05 Å². The van der Waals surface area contributed by atoms with E-state index in [1.165, 1.54) is 0 Å². The molecule has 4 heterocycles. The first-order valence-electron chi connectivity index (χ1n) is 10.2. The lowest BCUT2D eigenvalue weighted by Gasteiger charge is -2.29. The number of hydrogen-bond donors (Lipinski definition) is 0. The van der Waals surface area contributed by atoms with Gasteiger partial charge in [0, 0.05) is 55.9 Å². The molecule has 0 aliphatic carbocycles. The van der Waals surface area contributed by atoms with E-state index >= 15 is 0 Å². The van der Waals surface area contributed by atoms with Gasteiger partial charge in [0.15, 0.2) is 6.73 Å². The highest BCUT2D eigenvalue weighted by Crippen LogP contribution is 2.32. The Labute approximate surface area is 185 Å². The quantitative estimate of drug-likeness (QED) is 0.467. The third kappa shape index (κ3) is 4.15. The summed E-state index contributed by atoms with van der Waals surface area (Å²) in [5, 5.41) is 4.18. The lowest BCUT2D eigenvalue weighted by atomic mass is 10.1. The van der Waals surface area contributed by atoms with Crippen LogP contribution in [-0.4, -0.2) is 43.8 Å². The van der Waals surface area contributed by atoms with Crippen molar-refractivity contribution in [3.05, 3.63) is 84.6 Å². The number of aryl methyl sites for hydroxylation is 1. The molecule has 0 saturated carbocycles. The predicted octanol–water partition coefficient (Wildman–Crippen LogP) is 3.70. The predicted molar refractivity (Wildman–Crippen MR) is 117 cm³/mol. The Morgan fingerprint density at radius 2 is 1.97 bits per heavy atom. The number of benzene rings is 1. The number of rotatable bonds is 6. The van der Waals surface area contributed by atoms with E-state index in [0.717, 1.165) is 17.0 Å². The molecule has 0 fully saturated rings. The maximum Gasteiger partial charge on any atom is 0.260 e. The van der Waals surface area contributed by atoms with Gasteiger partial charge in [-0.1, -0.05) is 6.07 Å². The van der Waals surface area contributed by atoms with E-state index in [1.807, 2.05) is 37.5 Å². The van der Waals surface area contributed by atoms with Crippen LogP contribution in [0.1, 0.15) is 16.1 Å². The summed E-state index contributed by atoms with van der Waals surface area (Å²) in [5.41, 5.74) is 3.07. The molecule has 0 saturated heterocycles. The summed E-state index contributed by atoms with van der Waals surface area (Å²) in [6.45, 7) is 0.747. The fourth-order valence-corrected chi connectivity index (χ4v) is 3.53. The van der Waals surface area contributed by atoms with Gasteiger partial charge in [-0.15, -0.1) is 0 Å². The van der Waals surface area contributed by atoms with Crippen LogP contribution in [0.5, 0.6) is 17.2 Å². The van der Waals surface area contributed by atoms with Crippen LogP contribution in [0.4, 0.5) is 0 Å². The van der Waals surface area contributed by atoms with Gasteiger partial charge in [0.25, 0.3) is 5.91 Å². The highest BCUT2D eigenvalue weighted by Gasteiger charge is 2.26. The van der Waals surface area contributed by atoms with Gasteiger partial charge in [0.05, 0.1) is 17.5 Å². The van der Waals surface area contributed by atoms with Crippen molar-refractivity contribution >= 4 is 5.91 Å². The molecule has 1 amide bonds. The van der Waals surface area contributed by atoms with Gasteiger partial charge in [-0.2, -0.15) is 5.10 Å². The number of fused-ring (bicyclic) bond motifs is 1.